The molecule has 0 aromatic rings. The van der Waals surface area contributed by atoms with Crippen molar-refractivity contribution in [2.24, 2.45) is 4.99 Å². The number of nitrogens with zero attached hydrogens (tertiary/aromatic N) is 1. The van der Waals surface area contributed by atoms with Gasteiger partial charge in [-0.25, -0.2) is 0 Å². The van der Waals surface area contributed by atoms with Crippen molar-refractivity contribution >= 4 is 6.21 Å². The van der Waals surface area contributed by atoms with E-state index in [1.165, 1.54) is 0 Å². The second kappa shape index (κ2) is 1.02. The van der Waals surface area contributed by atoms with Crippen LogP contribution in [-0.4, -0.2) is 6.21 Å². The van der Waals surface area contributed by atoms with Gasteiger partial charge in [0.25, 0.3) is 0 Å². The Kier molecular flexibility index (Phi) is 0.537. The molecule has 1 aliphatic heterocycles. The zero-order valence-electron chi connectivity index (χ0n) is 2.81. The molecule has 0 atom stereocenters. The minimum Gasteiger partial charge on any atom is -0.463 e. The van der Waals surface area contributed by atoms with E-state index in [1.54, 1.807) is 6.20 Å². The van der Waals surface area contributed by atoms with Crippen LogP contribution in [0.3, 0.4) is 0 Å². The summed E-state index contributed by atoms with van der Waals surface area (Å²) in [5.41, 5.74) is 0. The average molecular weight is 66.1 g/mol. The molecule has 0 spiro atoms. The maximum Gasteiger partial charge on any atom is -0.0906 e. The molecule has 0 bridgehead atoms. The first-order valence-corrected chi connectivity index (χ1v) is 1.58. The van der Waals surface area contributed by atoms with Gasteiger partial charge < -0.3 is 4.99 Å². The summed E-state index contributed by atoms with van der Waals surface area (Å²) in [6, 6.07) is 0. The van der Waals surface area contributed by atoms with Crippen LogP contribution >= 0.6 is 0 Å². The fourth-order valence-electron chi connectivity index (χ4n) is 0.264. The standard InChI is InChI=1S/C4H4N/c1-2-4-5-3-1/h1,3H,2H2/q-1. The van der Waals surface area contributed by atoms with Gasteiger partial charge in [-0.2, -0.15) is 12.3 Å². The molecule has 0 aromatic heterocycles. The van der Waals surface area contributed by atoms with E-state index in [1.807, 2.05) is 6.08 Å². The highest BCUT2D eigenvalue weighted by Gasteiger charge is 1.59. The molecule has 0 aromatic carbocycles. The van der Waals surface area contributed by atoms with Crippen molar-refractivity contribution in [3.8, 4) is 0 Å². The zero-order valence-corrected chi connectivity index (χ0v) is 2.81. The first-order valence-electron chi connectivity index (χ1n) is 1.58. The van der Waals surface area contributed by atoms with Crippen LogP contribution in [0.2, 0.25) is 0 Å². The molecule has 0 unspecified atom stereocenters. The topological polar surface area (TPSA) is 12.4 Å². The van der Waals surface area contributed by atoms with E-state index in [4.69, 9.17) is 0 Å². The largest absolute Gasteiger partial charge is 0.463 e. The molecule has 0 aliphatic carbocycles. The Morgan fingerprint density at radius 3 is 3.00 bits per heavy atom. The minimum absolute atomic E-state index is 0.903. The number of hydrogen-bond acceptors (Lipinski definition) is 1. The average Bonchev–Trinajstić information content (AvgIpc) is 1.76. The Hall–Kier alpha value is -0.590. The number of rotatable bonds is 0. The van der Waals surface area contributed by atoms with Crippen molar-refractivity contribution in [1.82, 2.24) is 0 Å². The van der Waals surface area contributed by atoms with Gasteiger partial charge in [0.15, 0.2) is 0 Å². The molecule has 0 saturated heterocycles. The molecule has 1 aliphatic rings. The fourth-order valence-corrected chi connectivity index (χ4v) is 0.264. The molecule has 26 valence electrons. The van der Waals surface area contributed by atoms with E-state index in [0.29, 0.717) is 0 Å². The lowest BCUT2D eigenvalue weighted by Crippen LogP contribution is -1.51. The van der Waals surface area contributed by atoms with Crippen LogP contribution in [0.15, 0.2) is 17.3 Å². The molecular formula is C4H4N-. The first-order chi connectivity index (χ1) is 2.50. The molecule has 0 N–H and O–H groups in total. The molecule has 0 fully saturated rings. The van der Waals surface area contributed by atoms with Gasteiger partial charge in [0.1, 0.15) is 0 Å². The van der Waals surface area contributed by atoms with E-state index in [9.17, 15) is 0 Å². The van der Waals surface area contributed by atoms with Gasteiger partial charge in [0.2, 0.25) is 0 Å². The summed E-state index contributed by atoms with van der Waals surface area (Å²) in [6.07, 6.45) is 7.35. The van der Waals surface area contributed by atoms with Crippen LogP contribution in [0.5, 0.6) is 0 Å². The first kappa shape index (κ1) is 2.64. The van der Waals surface area contributed by atoms with Crippen LogP contribution in [-0.2, 0) is 0 Å². The predicted molar refractivity (Wildman–Crippen MR) is 21.2 cm³/mol. The summed E-state index contributed by atoms with van der Waals surface area (Å²) in [6.45, 7) is 0. The van der Waals surface area contributed by atoms with E-state index in [0.717, 1.165) is 6.42 Å². The fraction of sp³-hybridized carbons (Fsp3) is 0.250. The Morgan fingerprint density at radius 2 is 2.80 bits per heavy atom. The summed E-state index contributed by atoms with van der Waals surface area (Å²) >= 11 is 0. The van der Waals surface area contributed by atoms with E-state index in [-0.39, 0.29) is 0 Å². The van der Waals surface area contributed by atoms with Crippen molar-refractivity contribution in [3.05, 3.63) is 12.3 Å². The van der Waals surface area contributed by atoms with Crippen LogP contribution in [0.1, 0.15) is 6.42 Å². The Balaban J connectivity index is 2.61. The van der Waals surface area contributed by atoms with Crippen molar-refractivity contribution < 1.29 is 0 Å². The molecule has 5 heavy (non-hydrogen) atoms. The van der Waals surface area contributed by atoms with Gasteiger partial charge in [-0.15, -0.1) is 6.20 Å². The molecule has 1 heterocycles. The lowest BCUT2D eigenvalue weighted by atomic mass is 10.5. The zero-order chi connectivity index (χ0) is 3.54. The SMILES string of the molecule is [C-]1=NC=CC1. The van der Waals surface area contributed by atoms with Crippen molar-refractivity contribution in [3.63, 3.8) is 0 Å². The highest BCUT2D eigenvalue weighted by atomic mass is 14.7. The summed E-state index contributed by atoms with van der Waals surface area (Å²) < 4.78 is 0. The highest BCUT2D eigenvalue weighted by molar-refractivity contribution is 5.62. The van der Waals surface area contributed by atoms with Crippen LogP contribution in [0.25, 0.3) is 0 Å². The van der Waals surface area contributed by atoms with Crippen molar-refractivity contribution in [2.45, 2.75) is 6.42 Å². The van der Waals surface area contributed by atoms with Crippen molar-refractivity contribution in [2.75, 3.05) is 0 Å². The van der Waals surface area contributed by atoms with Gasteiger partial charge in [-0.3, -0.25) is 0 Å². The lowest BCUT2D eigenvalue weighted by molar-refractivity contribution is 1.60. The molecule has 1 heteroatoms. The third-order valence-electron chi connectivity index (χ3n) is 0.480. The van der Waals surface area contributed by atoms with Crippen LogP contribution in [0.4, 0.5) is 0 Å². The van der Waals surface area contributed by atoms with Crippen molar-refractivity contribution in [1.29, 1.82) is 0 Å². The van der Waals surface area contributed by atoms with Crippen LogP contribution in [0, 0.1) is 0 Å². The summed E-state index contributed by atoms with van der Waals surface area (Å²) in [4.78, 5) is 3.65. The smallest absolute Gasteiger partial charge is 0.0906 e. The molecule has 1 rings (SSSR count). The predicted octanol–water partition coefficient (Wildman–Crippen LogP) is 0.852. The second-order valence-electron chi connectivity index (χ2n) is 0.876. The van der Waals surface area contributed by atoms with E-state index < -0.39 is 0 Å². The molecular weight excluding hydrogens is 62.1 g/mol. The Bertz CT molecular complexity index is 61.7. The number of allylic oxidation sites excluding steroid dienone is 1. The molecule has 1 nitrogen and oxygen atoms in total. The Labute approximate surface area is 31.0 Å². The number of aliphatic imine (C=N–C) groups is 1. The quantitative estimate of drug-likeness (QED) is 0.372. The second-order valence-corrected chi connectivity index (χ2v) is 0.876. The highest BCUT2D eigenvalue weighted by Crippen LogP contribution is 1.86. The van der Waals surface area contributed by atoms with Gasteiger partial charge in [-0.05, 0) is 0 Å². The van der Waals surface area contributed by atoms with Gasteiger partial charge >= 0.3 is 0 Å². The monoisotopic (exact) mass is 66.0 g/mol. The van der Waals surface area contributed by atoms with Gasteiger partial charge in [-0.1, -0.05) is 6.42 Å². The third-order valence-corrected chi connectivity index (χ3v) is 0.480. The van der Waals surface area contributed by atoms with Crippen LogP contribution < -0.4 is 0 Å². The van der Waals surface area contributed by atoms with Gasteiger partial charge in [0, 0.05) is 0 Å². The maximum absolute atomic E-state index is 3.65. The summed E-state index contributed by atoms with van der Waals surface area (Å²) in [7, 11) is 0. The minimum atomic E-state index is 0.903. The third kappa shape index (κ3) is 0.349. The summed E-state index contributed by atoms with van der Waals surface area (Å²) in [5, 5.41) is 0. The molecule has 0 saturated carbocycles. The Morgan fingerprint density at radius 1 is 1.80 bits per heavy atom. The summed E-state index contributed by atoms with van der Waals surface area (Å²) in [5.74, 6) is 0. The normalized spacial score (nSPS) is 17.6. The van der Waals surface area contributed by atoms with E-state index >= 15 is 0 Å². The molecule has 0 amide bonds. The molecule has 0 radical (unpaired) electrons. The van der Waals surface area contributed by atoms with Gasteiger partial charge in [0.05, 0.1) is 0 Å². The van der Waals surface area contributed by atoms with E-state index in [2.05, 4.69) is 11.2 Å². The maximum atomic E-state index is 3.65. The number of hydrogen-bond donors (Lipinski definition) is 0. The lowest BCUT2D eigenvalue weighted by Gasteiger charge is -1.69.